The molecular weight excluding hydrogens is 216 g/mol. The van der Waals surface area contributed by atoms with Crippen molar-refractivity contribution in [1.29, 1.82) is 0 Å². The van der Waals surface area contributed by atoms with Gasteiger partial charge < -0.3 is 5.73 Å². The van der Waals surface area contributed by atoms with Crippen LogP contribution in [-0.4, -0.2) is 19.1 Å². The molecule has 0 spiro atoms. The first-order valence-electron chi connectivity index (χ1n) is 4.36. The minimum absolute atomic E-state index is 0. The number of amides is 1. The van der Waals surface area contributed by atoms with Crippen molar-refractivity contribution in [2.24, 2.45) is 5.73 Å². The molecule has 0 saturated heterocycles. The average Bonchev–Trinajstić information content (AvgIpc) is 2.19. The molecule has 0 aliphatic heterocycles. The fourth-order valence-electron chi connectivity index (χ4n) is 1.14. The van der Waals surface area contributed by atoms with Crippen molar-refractivity contribution in [1.82, 2.24) is 5.48 Å². The van der Waals surface area contributed by atoms with Crippen molar-refractivity contribution < 1.29 is 9.63 Å². The molecule has 15 heavy (non-hydrogen) atoms. The van der Waals surface area contributed by atoms with Crippen LogP contribution in [-0.2, 0) is 16.1 Å². The van der Waals surface area contributed by atoms with Crippen LogP contribution in [0.5, 0.6) is 0 Å². The minimum atomic E-state index is -0.572. The molecule has 4 nitrogen and oxygen atoms in total. The summed E-state index contributed by atoms with van der Waals surface area (Å²) in [6.45, 7) is 0. The lowest BCUT2D eigenvalue weighted by Crippen LogP contribution is -2.41. The smallest absolute Gasteiger partial charge is 0.260 e. The Morgan fingerprint density at radius 3 is 2.60 bits per heavy atom. The first kappa shape index (κ1) is 13.9. The van der Waals surface area contributed by atoms with Gasteiger partial charge in [-0.05, 0) is 12.0 Å². The van der Waals surface area contributed by atoms with Crippen LogP contribution in [0, 0.1) is 0 Å². The number of carbonyl (C=O) groups excluding carboxylic acids is 1. The van der Waals surface area contributed by atoms with Crippen molar-refractivity contribution in [3.8, 4) is 0 Å². The summed E-state index contributed by atoms with van der Waals surface area (Å²) in [5.74, 6) is -0.309. The molecule has 0 aliphatic rings. The zero-order valence-corrected chi connectivity index (χ0v) is 9.29. The van der Waals surface area contributed by atoms with Crippen LogP contribution in [0.1, 0.15) is 5.56 Å². The normalized spacial score (nSPS) is 11.3. The standard InChI is InChI=1S/C10H14N2O2.ClH/c1-14-12-10(13)9(11)7-8-5-3-2-4-6-8;/h2-6,9H,7,11H2,1H3,(H,12,13);1H. The summed E-state index contributed by atoms with van der Waals surface area (Å²) in [7, 11) is 1.38. The maximum Gasteiger partial charge on any atom is 0.260 e. The van der Waals surface area contributed by atoms with E-state index in [9.17, 15) is 4.79 Å². The number of carbonyl (C=O) groups is 1. The summed E-state index contributed by atoms with van der Waals surface area (Å²) < 4.78 is 0. The Bertz CT molecular complexity index is 293. The van der Waals surface area contributed by atoms with Crippen LogP contribution in [0.3, 0.4) is 0 Å². The van der Waals surface area contributed by atoms with Gasteiger partial charge in [-0.3, -0.25) is 9.63 Å². The summed E-state index contributed by atoms with van der Waals surface area (Å²) in [6.07, 6.45) is 0.510. The fourth-order valence-corrected chi connectivity index (χ4v) is 1.14. The van der Waals surface area contributed by atoms with Gasteiger partial charge in [0.25, 0.3) is 5.91 Å². The Morgan fingerprint density at radius 1 is 1.47 bits per heavy atom. The van der Waals surface area contributed by atoms with Gasteiger partial charge in [0.1, 0.15) is 0 Å². The van der Waals surface area contributed by atoms with Crippen molar-refractivity contribution in [2.45, 2.75) is 12.5 Å². The van der Waals surface area contributed by atoms with Crippen LogP contribution in [0.4, 0.5) is 0 Å². The molecule has 1 unspecified atom stereocenters. The molecule has 1 rings (SSSR count). The van der Waals surface area contributed by atoms with Gasteiger partial charge in [-0.25, -0.2) is 5.48 Å². The number of benzene rings is 1. The Balaban J connectivity index is 0.00000196. The van der Waals surface area contributed by atoms with Gasteiger partial charge in [0, 0.05) is 0 Å². The largest absolute Gasteiger partial charge is 0.320 e. The lowest BCUT2D eigenvalue weighted by atomic mass is 10.1. The van der Waals surface area contributed by atoms with E-state index >= 15 is 0 Å². The summed E-state index contributed by atoms with van der Waals surface area (Å²) >= 11 is 0. The second-order valence-corrected chi connectivity index (χ2v) is 2.97. The lowest BCUT2D eigenvalue weighted by Gasteiger charge is -2.10. The van der Waals surface area contributed by atoms with Crippen molar-refractivity contribution in [2.75, 3.05) is 7.11 Å². The Morgan fingerprint density at radius 2 is 2.07 bits per heavy atom. The zero-order valence-electron chi connectivity index (χ0n) is 8.47. The van der Waals surface area contributed by atoms with Crippen LogP contribution in [0.15, 0.2) is 30.3 Å². The third kappa shape index (κ3) is 4.78. The second kappa shape index (κ2) is 7.23. The summed E-state index contributed by atoms with van der Waals surface area (Å²) in [4.78, 5) is 15.7. The molecule has 0 heterocycles. The first-order valence-corrected chi connectivity index (χ1v) is 4.36. The SMILES string of the molecule is CONC(=O)C(N)Cc1ccccc1.Cl. The molecule has 0 bridgehead atoms. The maximum atomic E-state index is 11.2. The molecule has 1 atom stereocenters. The highest BCUT2D eigenvalue weighted by atomic mass is 35.5. The maximum absolute atomic E-state index is 11.2. The Labute approximate surface area is 95.2 Å². The molecule has 0 saturated carbocycles. The number of hydrogen-bond acceptors (Lipinski definition) is 3. The zero-order chi connectivity index (χ0) is 10.4. The third-order valence-electron chi connectivity index (χ3n) is 1.84. The highest BCUT2D eigenvalue weighted by Gasteiger charge is 2.12. The number of hydrogen-bond donors (Lipinski definition) is 2. The van der Waals surface area contributed by atoms with E-state index in [4.69, 9.17) is 5.73 Å². The summed E-state index contributed by atoms with van der Waals surface area (Å²) in [5, 5.41) is 0. The van der Waals surface area contributed by atoms with Crippen LogP contribution in [0.25, 0.3) is 0 Å². The molecule has 3 N–H and O–H groups in total. The second-order valence-electron chi connectivity index (χ2n) is 2.97. The van der Waals surface area contributed by atoms with Crippen molar-refractivity contribution in [3.05, 3.63) is 35.9 Å². The number of rotatable bonds is 4. The molecule has 1 aromatic rings. The van der Waals surface area contributed by atoms with Gasteiger partial charge in [-0.1, -0.05) is 30.3 Å². The number of halogens is 1. The molecular formula is C10H15ClN2O2. The van der Waals surface area contributed by atoms with Crippen LogP contribution in [0.2, 0.25) is 0 Å². The van der Waals surface area contributed by atoms with Gasteiger partial charge in [0.2, 0.25) is 0 Å². The molecule has 0 aromatic heterocycles. The minimum Gasteiger partial charge on any atom is -0.320 e. The summed E-state index contributed by atoms with van der Waals surface area (Å²) in [5.41, 5.74) is 8.88. The van der Waals surface area contributed by atoms with Gasteiger partial charge in [-0.2, -0.15) is 0 Å². The van der Waals surface area contributed by atoms with Crippen LogP contribution >= 0.6 is 12.4 Å². The van der Waals surface area contributed by atoms with Crippen molar-refractivity contribution >= 4 is 18.3 Å². The van der Waals surface area contributed by atoms with E-state index < -0.39 is 6.04 Å². The summed E-state index contributed by atoms with van der Waals surface area (Å²) in [6, 6.07) is 9.04. The molecule has 0 aliphatic carbocycles. The average molecular weight is 231 g/mol. The molecule has 5 heteroatoms. The third-order valence-corrected chi connectivity index (χ3v) is 1.84. The van der Waals surface area contributed by atoms with Gasteiger partial charge in [0.05, 0.1) is 13.2 Å². The Hall–Kier alpha value is -1.10. The number of hydroxylamine groups is 1. The molecule has 1 aromatic carbocycles. The highest BCUT2D eigenvalue weighted by molar-refractivity contribution is 5.85. The van der Waals surface area contributed by atoms with E-state index in [1.807, 2.05) is 30.3 Å². The predicted octanol–water partition coefficient (Wildman–Crippen LogP) is 0.656. The van der Waals surface area contributed by atoms with E-state index in [0.717, 1.165) is 5.56 Å². The number of nitrogens with one attached hydrogen (secondary N) is 1. The van der Waals surface area contributed by atoms with E-state index in [0.29, 0.717) is 6.42 Å². The monoisotopic (exact) mass is 230 g/mol. The highest BCUT2D eigenvalue weighted by Crippen LogP contribution is 2.01. The molecule has 0 fully saturated rings. The number of nitrogens with two attached hydrogens (primary N) is 1. The lowest BCUT2D eigenvalue weighted by molar-refractivity contribution is -0.132. The Kier molecular flexibility index (Phi) is 6.70. The van der Waals surface area contributed by atoms with Gasteiger partial charge in [-0.15, -0.1) is 12.4 Å². The van der Waals surface area contributed by atoms with Crippen molar-refractivity contribution in [3.63, 3.8) is 0 Å². The fraction of sp³-hybridized carbons (Fsp3) is 0.300. The van der Waals surface area contributed by atoms with Gasteiger partial charge >= 0.3 is 0 Å². The van der Waals surface area contributed by atoms with E-state index in [2.05, 4.69) is 10.3 Å². The van der Waals surface area contributed by atoms with Crippen LogP contribution < -0.4 is 11.2 Å². The molecule has 84 valence electrons. The predicted molar refractivity (Wildman–Crippen MR) is 60.5 cm³/mol. The molecule has 1 amide bonds. The van der Waals surface area contributed by atoms with E-state index in [1.54, 1.807) is 0 Å². The van der Waals surface area contributed by atoms with E-state index in [1.165, 1.54) is 7.11 Å². The molecule has 0 radical (unpaired) electrons. The van der Waals surface area contributed by atoms with Gasteiger partial charge in [0.15, 0.2) is 0 Å². The first-order chi connectivity index (χ1) is 6.74. The van der Waals surface area contributed by atoms with E-state index in [-0.39, 0.29) is 18.3 Å². The quantitative estimate of drug-likeness (QED) is 0.747. The topological polar surface area (TPSA) is 64.3 Å².